The highest BCUT2D eigenvalue weighted by Gasteiger charge is 2.23. The highest BCUT2D eigenvalue weighted by Crippen LogP contribution is 2.15. The molecule has 2 amide bonds. The van der Waals surface area contributed by atoms with Gasteiger partial charge in [0.2, 0.25) is 11.8 Å². The number of thiophene rings is 1. The van der Waals surface area contributed by atoms with Crippen LogP contribution in [0.15, 0.2) is 64.4 Å². The van der Waals surface area contributed by atoms with Crippen LogP contribution in [0.1, 0.15) is 35.8 Å². The van der Waals surface area contributed by atoms with Gasteiger partial charge in [0.15, 0.2) is 0 Å². The molecule has 6 heteroatoms. The van der Waals surface area contributed by atoms with Crippen molar-refractivity contribution < 1.29 is 14.0 Å². The van der Waals surface area contributed by atoms with Crippen LogP contribution in [0.25, 0.3) is 0 Å². The van der Waals surface area contributed by atoms with Crippen molar-refractivity contribution in [2.75, 3.05) is 13.1 Å². The van der Waals surface area contributed by atoms with E-state index in [1.165, 1.54) is 0 Å². The van der Waals surface area contributed by atoms with Crippen LogP contribution in [0.5, 0.6) is 0 Å². The molecule has 3 aromatic rings. The van der Waals surface area contributed by atoms with Crippen LogP contribution in [0.2, 0.25) is 0 Å². The van der Waals surface area contributed by atoms with Gasteiger partial charge in [-0.3, -0.25) is 9.59 Å². The summed E-state index contributed by atoms with van der Waals surface area (Å²) in [7, 11) is 0. The molecule has 0 bridgehead atoms. The van der Waals surface area contributed by atoms with E-state index in [0.717, 1.165) is 22.0 Å². The lowest BCUT2D eigenvalue weighted by Gasteiger charge is -2.28. The maximum absolute atomic E-state index is 13.4. The first-order valence-electron chi connectivity index (χ1n) is 10.6. The smallest absolute Gasteiger partial charge is 0.242 e. The van der Waals surface area contributed by atoms with E-state index >= 15 is 0 Å². The Balaban J connectivity index is 1.75. The highest BCUT2D eigenvalue weighted by molar-refractivity contribution is 7.10. The maximum Gasteiger partial charge on any atom is 0.242 e. The number of carbonyl (C=O) groups is 2. The van der Waals surface area contributed by atoms with Gasteiger partial charge in [-0.1, -0.05) is 50.2 Å². The monoisotopic (exact) mass is 438 g/mol. The number of carbonyl (C=O) groups excluding carboxylic acids is 2. The Kier molecular flexibility index (Phi) is 8.06. The molecule has 31 heavy (non-hydrogen) atoms. The van der Waals surface area contributed by atoms with Crippen LogP contribution in [-0.4, -0.2) is 34.7 Å². The molecule has 0 spiro atoms. The van der Waals surface area contributed by atoms with E-state index in [1.54, 1.807) is 21.1 Å². The Morgan fingerprint density at radius 2 is 1.71 bits per heavy atom. The molecule has 5 nitrogen and oxygen atoms in total. The number of aryl methyl sites for hydroxylation is 1. The zero-order chi connectivity index (χ0) is 22.2. The van der Waals surface area contributed by atoms with Crippen molar-refractivity contribution in [1.82, 2.24) is 9.80 Å². The summed E-state index contributed by atoms with van der Waals surface area (Å²) in [6, 6.07) is 17.6. The van der Waals surface area contributed by atoms with Crippen molar-refractivity contribution in [2.24, 2.45) is 5.92 Å². The molecule has 0 unspecified atom stereocenters. The predicted molar refractivity (Wildman–Crippen MR) is 124 cm³/mol. The summed E-state index contributed by atoms with van der Waals surface area (Å²) in [5.74, 6) is 1.73. The standard InChI is InChI=1S/C25H30N2O3S/c1-19(2)15-26(24(28)14-23-10-7-13-31-23)18-25(29)27(16-21-8-5-4-6-9-21)17-22-12-11-20(3)30-22/h4-13,19H,14-18H2,1-3H3. The molecule has 0 radical (unpaired) electrons. The fourth-order valence-corrected chi connectivity index (χ4v) is 4.12. The third-order valence-corrected chi connectivity index (χ3v) is 5.76. The van der Waals surface area contributed by atoms with E-state index in [4.69, 9.17) is 4.42 Å². The van der Waals surface area contributed by atoms with Gasteiger partial charge in [0.1, 0.15) is 11.5 Å². The lowest BCUT2D eigenvalue weighted by molar-refractivity contribution is -0.141. The molecule has 0 aliphatic heterocycles. The quantitative estimate of drug-likeness (QED) is 0.452. The van der Waals surface area contributed by atoms with Gasteiger partial charge in [-0.05, 0) is 42.0 Å². The van der Waals surface area contributed by atoms with Crippen molar-refractivity contribution >= 4 is 23.2 Å². The van der Waals surface area contributed by atoms with Crippen LogP contribution in [-0.2, 0) is 29.1 Å². The SMILES string of the molecule is Cc1ccc(CN(Cc2ccccc2)C(=O)CN(CC(C)C)C(=O)Cc2cccs2)o1. The lowest BCUT2D eigenvalue weighted by atomic mass is 10.1. The first kappa shape index (κ1) is 22.8. The number of furan rings is 1. The van der Waals surface area contributed by atoms with Crippen LogP contribution < -0.4 is 0 Å². The number of nitrogens with zero attached hydrogens (tertiary/aromatic N) is 2. The van der Waals surface area contributed by atoms with Gasteiger partial charge in [0.25, 0.3) is 0 Å². The zero-order valence-electron chi connectivity index (χ0n) is 18.4. The van der Waals surface area contributed by atoms with Crippen molar-refractivity contribution in [2.45, 2.75) is 40.3 Å². The van der Waals surface area contributed by atoms with Gasteiger partial charge >= 0.3 is 0 Å². The molecule has 164 valence electrons. The molecule has 0 aliphatic carbocycles. The van der Waals surface area contributed by atoms with Crippen molar-refractivity contribution in [3.8, 4) is 0 Å². The normalized spacial score (nSPS) is 11.0. The first-order valence-corrected chi connectivity index (χ1v) is 11.5. The third-order valence-electron chi connectivity index (χ3n) is 4.88. The number of rotatable bonds is 10. The van der Waals surface area contributed by atoms with E-state index in [0.29, 0.717) is 26.1 Å². The zero-order valence-corrected chi connectivity index (χ0v) is 19.2. The average molecular weight is 439 g/mol. The van der Waals surface area contributed by atoms with Crippen LogP contribution in [0, 0.1) is 12.8 Å². The summed E-state index contributed by atoms with van der Waals surface area (Å²) in [4.78, 5) is 30.8. The van der Waals surface area contributed by atoms with E-state index in [1.807, 2.05) is 66.9 Å². The Labute approximate surface area is 188 Å². The molecule has 0 atom stereocenters. The number of hydrogen-bond acceptors (Lipinski definition) is 4. The molecule has 0 fully saturated rings. The van der Waals surface area contributed by atoms with Gasteiger partial charge in [0, 0.05) is 18.0 Å². The van der Waals surface area contributed by atoms with Crippen molar-refractivity contribution in [3.63, 3.8) is 0 Å². The van der Waals surface area contributed by atoms with Gasteiger partial charge in [0.05, 0.1) is 19.5 Å². The Bertz CT molecular complexity index is 964. The topological polar surface area (TPSA) is 53.8 Å². The summed E-state index contributed by atoms with van der Waals surface area (Å²) in [6.07, 6.45) is 0.327. The highest BCUT2D eigenvalue weighted by atomic mass is 32.1. The van der Waals surface area contributed by atoms with E-state index < -0.39 is 0 Å². The molecular formula is C25H30N2O3S. The van der Waals surface area contributed by atoms with Crippen LogP contribution in [0.4, 0.5) is 0 Å². The number of amides is 2. The summed E-state index contributed by atoms with van der Waals surface area (Å²) in [5, 5.41) is 1.97. The van der Waals surface area contributed by atoms with E-state index in [-0.39, 0.29) is 24.3 Å². The average Bonchev–Trinajstić information content (AvgIpc) is 3.39. The minimum Gasteiger partial charge on any atom is -0.464 e. The second-order valence-electron chi connectivity index (χ2n) is 8.17. The van der Waals surface area contributed by atoms with Crippen molar-refractivity contribution in [1.29, 1.82) is 0 Å². The molecule has 3 rings (SSSR count). The first-order chi connectivity index (χ1) is 14.9. The Hall–Kier alpha value is -2.86. The molecule has 0 N–H and O–H groups in total. The minimum absolute atomic E-state index is 0.0157. The second-order valence-corrected chi connectivity index (χ2v) is 9.20. The molecule has 0 saturated carbocycles. The summed E-state index contributed by atoms with van der Waals surface area (Å²) in [6.45, 7) is 7.46. The molecule has 2 aromatic heterocycles. The van der Waals surface area contributed by atoms with Gasteiger partial charge in [-0.25, -0.2) is 0 Å². The van der Waals surface area contributed by atoms with Gasteiger partial charge in [-0.2, -0.15) is 0 Å². The third kappa shape index (κ3) is 7.10. The van der Waals surface area contributed by atoms with Gasteiger partial charge < -0.3 is 14.2 Å². The predicted octanol–water partition coefficient (Wildman–Crippen LogP) is 4.91. The van der Waals surface area contributed by atoms with Crippen LogP contribution >= 0.6 is 11.3 Å². The fraction of sp³-hybridized carbons (Fsp3) is 0.360. The second kappa shape index (κ2) is 11.0. The fourth-order valence-electron chi connectivity index (χ4n) is 3.43. The molecule has 1 aromatic carbocycles. The Morgan fingerprint density at radius 1 is 0.935 bits per heavy atom. The number of hydrogen-bond donors (Lipinski definition) is 0. The summed E-state index contributed by atoms with van der Waals surface area (Å²) < 4.78 is 5.72. The Morgan fingerprint density at radius 3 is 2.32 bits per heavy atom. The van der Waals surface area contributed by atoms with Crippen molar-refractivity contribution in [3.05, 3.63) is 81.9 Å². The lowest BCUT2D eigenvalue weighted by Crippen LogP contribution is -2.44. The molecule has 0 saturated heterocycles. The largest absolute Gasteiger partial charge is 0.464 e. The van der Waals surface area contributed by atoms with E-state index in [9.17, 15) is 9.59 Å². The summed E-state index contributed by atoms with van der Waals surface area (Å²) >= 11 is 1.56. The van der Waals surface area contributed by atoms with Gasteiger partial charge in [-0.15, -0.1) is 11.3 Å². The minimum atomic E-state index is -0.0851. The maximum atomic E-state index is 13.4. The van der Waals surface area contributed by atoms with E-state index in [2.05, 4.69) is 13.8 Å². The molecular weight excluding hydrogens is 408 g/mol. The molecule has 2 heterocycles. The summed E-state index contributed by atoms with van der Waals surface area (Å²) in [5.41, 5.74) is 1.04. The number of benzene rings is 1. The molecule has 0 aliphatic rings. The van der Waals surface area contributed by atoms with Crippen LogP contribution in [0.3, 0.4) is 0 Å².